The van der Waals surface area contributed by atoms with Crippen molar-refractivity contribution in [2.45, 2.75) is 26.3 Å². The number of aryl methyl sites for hydroxylation is 1. The number of alkyl halides is 4. The van der Waals surface area contributed by atoms with Crippen molar-refractivity contribution >= 4 is 11.7 Å². The lowest BCUT2D eigenvalue weighted by molar-refractivity contribution is 0.0945. The second-order valence-corrected chi connectivity index (χ2v) is 5.83. The molecule has 0 unspecified atom stereocenters. The molecule has 3 N–H and O–H groups in total. The first kappa shape index (κ1) is 20.2. The molecule has 12 heteroatoms. The zero-order valence-electron chi connectivity index (χ0n) is 14.9. The van der Waals surface area contributed by atoms with Gasteiger partial charge in [-0.05, 0) is 19.1 Å². The predicted molar refractivity (Wildman–Crippen MR) is 92.0 cm³/mol. The number of carbonyl (C=O) groups excluding carboxylic acids is 1. The minimum atomic E-state index is -3.03. The molecule has 29 heavy (non-hydrogen) atoms. The molecular formula is C17H14F4N6O2. The molecule has 152 valence electrons. The Kier molecular flexibility index (Phi) is 5.71. The summed E-state index contributed by atoms with van der Waals surface area (Å²) >= 11 is 0. The number of amides is 1. The Hall–Kier alpha value is -3.57. The molecule has 0 fully saturated rings. The van der Waals surface area contributed by atoms with E-state index in [2.05, 4.69) is 25.3 Å². The number of pyridine rings is 1. The minimum absolute atomic E-state index is 0.161. The van der Waals surface area contributed by atoms with Gasteiger partial charge < -0.3 is 15.5 Å². The maximum absolute atomic E-state index is 12.9. The lowest BCUT2D eigenvalue weighted by Crippen LogP contribution is -2.26. The second kappa shape index (κ2) is 8.20. The number of halogens is 4. The molecule has 3 aromatic heterocycles. The van der Waals surface area contributed by atoms with Crippen LogP contribution in [0.3, 0.4) is 0 Å². The zero-order valence-corrected chi connectivity index (χ0v) is 14.9. The van der Waals surface area contributed by atoms with E-state index < -0.39 is 30.0 Å². The van der Waals surface area contributed by atoms with Crippen LogP contribution in [0.15, 0.2) is 29.0 Å². The van der Waals surface area contributed by atoms with E-state index in [0.717, 1.165) is 6.07 Å². The average molecular weight is 410 g/mol. The van der Waals surface area contributed by atoms with Gasteiger partial charge in [0.05, 0.1) is 24.1 Å². The summed E-state index contributed by atoms with van der Waals surface area (Å²) in [5.74, 6) is -0.829. The SMILES string of the molecule is Cc1nc(C(=O)NCc2cc(C(F)F)cc(C(F)F)n2)c(N)nc1-c1ncco1. The van der Waals surface area contributed by atoms with Crippen LogP contribution in [0, 0.1) is 6.92 Å². The fourth-order valence-electron chi connectivity index (χ4n) is 2.46. The van der Waals surface area contributed by atoms with Gasteiger partial charge in [0.15, 0.2) is 11.5 Å². The van der Waals surface area contributed by atoms with Crippen molar-refractivity contribution in [3.05, 3.63) is 52.9 Å². The van der Waals surface area contributed by atoms with Crippen LogP contribution >= 0.6 is 0 Å². The number of anilines is 1. The first-order valence-electron chi connectivity index (χ1n) is 8.15. The molecule has 3 aromatic rings. The van der Waals surface area contributed by atoms with Crippen molar-refractivity contribution < 1.29 is 26.8 Å². The Morgan fingerprint density at radius 1 is 1.17 bits per heavy atom. The number of oxazole rings is 1. The predicted octanol–water partition coefficient (Wildman–Crippen LogP) is 3.22. The molecule has 8 nitrogen and oxygen atoms in total. The Labute approximate surface area is 161 Å². The topological polar surface area (TPSA) is 120 Å². The number of hydrogen-bond acceptors (Lipinski definition) is 7. The molecule has 0 aromatic carbocycles. The fourth-order valence-corrected chi connectivity index (χ4v) is 2.46. The van der Waals surface area contributed by atoms with Gasteiger partial charge in [0.25, 0.3) is 18.8 Å². The highest BCUT2D eigenvalue weighted by atomic mass is 19.3. The van der Waals surface area contributed by atoms with E-state index in [1.807, 2.05) is 0 Å². The van der Waals surface area contributed by atoms with Crippen molar-refractivity contribution in [2.75, 3.05) is 5.73 Å². The van der Waals surface area contributed by atoms with Gasteiger partial charge in [0.2, 0.25) is 5.89 Å². The molecule has 0 aliphatic rings. The third-order valence-corrected chi connectivity index (χ3v) is 3.77. The monoisotopic (exact) mass is 410 g/mol. The molecule has 0 spiro atoms. The second-order valence-electron chi connectivity index (χ2n) is 5.83. The van der Waals surface area contributed by atoms with Gasteiger partial charge in [-0.25, -0.2) is 37.5 Å². The highest BCUT2D eigenvalue weighted by molar-refractivity contribution is 5.96. The molecular weight excluding hydrogens is 396 g/mol. The van der Waals surface area contributed by atoms with Crippen molar-refractivity contribution in [3.8, 4) is 11.6 Å². The Balaban J connectivity index is 1.80. The molecule has 0 atom stereocenters. The van der Waals surface area contributed by atoms with Gasteiger partial charge in [-0.15, -0.1) is 0 Å². The van der Waals surface area contributed by atoms with Gasteiger partial charge in [-0.2, -0.15) is 0 Å². The number of nitrogens with two attached hydrogens (primary N) is 1. The van der Waals surface area contributed by atoms with Crippen LogP contribution in [0.5, 0.6) is 0 Å². The standard InChI is InChI=1S/C17H14F4N6O2/c1-7-11(17-23-2-3-29-17)27-15(22)12(25-7)16(28)24-6-9-4-8(13(18)19)5-10(26-9)14(20)21/h2-5,13-14H,6H2,1H3,(H2,22,27)(H,24,28). The number of aromatic nitrogens is 4. The van der Waals surface area contributed by atoms with Crippen LogP contribution in [-0.2, 0) is 6.54 Å². The van der Waals surface area contributed by atoms with Gasteiger partial charge >= 0.3 is 0 Å². The number of nitrogens with zero attached hydrogens (tertiary/aromatic N) is 4. The summed E-state index contributed by atoms with van der Waals surface area (Å²) in [6.07, 6.45) is -3.25. The van der Waals surface area contributed by atoms with Crippen molar-refractivity contribution in [1.82, 2.24) is 25.3 Å². The summed E-state index contributed by atoms with van der Waals surface area (Å²) in [6, 6.07) is 1.55. The van der Waals surface area contributed by atoms with Gasteiger partial charge in [-0.1, -0.05) is 0 Å². The molecule has 0 saturated carbocycles. The maximum atomic E-state index is 12.9. The number of hydrogen-bond donors (Lipinski definition) is 2. The first-order valence-corrected chi connectivity index (χ1v) is 8.15. The summed E-state index contributed by atoms with van der Waals surface area (Å²) in [5.41, 5.74) is 4.52. The summed E-state index contributed by atoms with van der Waals surface area (Å²) in [7, 11) is 0. The van der Waals surface area contributed by atoms with Crippen molar-refractivity contribution in [2.24, 2.45) is 0 Å². The number of nitrogen functional groups attached to an aromatic ring is 1. The van der Waals surface area contributed by atoms with Crippen LogP contribution in [0.1, 0.15) is 46.0 Å². The number of nitrogens with one attached hydrogen (secondary N) is 1. The van der Waals surface area contributed by atoms with E-state index in [9.17, 15) is 22.4 Å². The van der Waals surface area contributed by atoms with Gasteiger partial charge in [0.1, 0.15) is 17.7 Å². The number of carbonyl (C=O) groups is 1. The maximum Gasteiger partial charge on any atom is 0.280 e. The van der Waals surface area contributed by atoms with Crippen LogP contribution in [0.2, 0.25) is 0 Å². The van der Waals surface area contributed by atoms with Gasteiger partial charge in [-0.3, -0.25) is 4.79 Å². The van der Waals surface area contributed by atoms with E-state index in [0.29, 0.717) is 11.8 Å². The lowest BCUT2D eigenvalue weighted by atomic mass is 10.2. The van der Waals surface area contributed by atoms with Crippen molar-refractivity contribution in [3.63, 3.8) is 0 Å². The lowest BCUT2D eigenvalue weighted by Gasteiger charge is -2.11. The molecule has 3 rings (SSSR count). The highest BCUT2D eigenvalue weighted by Crippen LogP contribution is 2.25. The van der Waals surface area contributed by atoms with Crippen molar-refractivity contribution in [1.29, 1.82) is 0 Å². The quantitative estimate of drug-likeness (QED) is 0.599. The third kappa shape index (κ3) is 4.47. The van der Waals surface area contributed by atoms with Crippen LogP contribution in [0.25, 0.3) is 11.6 Å². The minimum Gasteiger partial charge on any atom is -0.443 e. The zero-order chi connectivity index (χ0) is 21.1. The smallest absolute Gasteiger partial charge is 0.280 e. The molecule has 0 aliphatic carbocycles. The van der Waals surface area contributed by atoms with E-state index in [1.165, 1.54) is 12.5 Å². The summed E-state index contributed by atoms with van der Waals surface area (Å²) in [4.78, 5) is 28.0. The van der Waals surface area contributed by atoms with Gasteiger partial charge in [0, 0.05) is 5.56 Å². The summed E-state index contributed by atoms with van der Waals surface area (Å²) in [5, 5.41) is 2.36. The Morgan fingerprint density at radius 3 is 2.55 bits per heavy atom. The molecule has 3 heterocycles. The largest absolute Gasteiger partial charge is 0.443 e. The Morgan fingerprint density at radius 2 is 1.93 bits per heavy atom. The molecule has 0 aliphatic heterocycles. The van der Waals surface area contributed by atoms with Crippen LogP contribution < -0.4 is 11.1 Å². The third-order valence-electron chi connectivity index (χ3n) is 3.77. The normalized spacial score (nSPS) is 11.3. The van der Waals surface area contributed by atoms with E-state index in [1.54, 1.807) is 6.92 Å². The van der Waals surface area contributed by atoms with Crippen LogP contribution in [-0.4, -0.2) is 25.8 Å². The molecule has 0 radical (unpaired) electrons. The molecule has 1 amide bonds. The van der Waals surface area contributed by atoms with E-state index in [-0.39, 0.29) is 35.3 Å². The molecule has 0 saturated heterocycles. The first-order chi connectivity index (χ1) is 13.8. The summed E-state index contributed by atoms with van der Waals surface area (Å²) < 4.78 is 56.6. The van der Waals surface area contributed by atoms with E-state index in [4.69, 9.17) is 10.2 Å². The fraction of sp³-hybridized carbons (Fsp3) is 0.235. The average Bonchev–Trinajstić information content (AvgIpc) is 3.21. The highest BCUT2D eigenvalue weighted by Gasteiger charge is 2.20. The summed E-state index contributed by atoms with van der Waals surface area (Å²) in [6.45, 7) is 1.17. The number of rotatable bonds is 6. The molecule has 0 bridgehead atoms. The Bertz CT molecular complexity index is 1000. The van der Waals surface area contributed by atoms with E-state index >= 15 is 0 Å². The van der Waals surface area contributed by atoms with Crippen LogP contribution in [0.4, 0.5) is 23.4 Å².